The summed E-state index contributed by atoms with van der Waals surface area (Å²) in [5.74, 6) is 0.119. The first-order valence-corrected chi connectivity index (χ1v) is 5.64. The smallest absolute Gasteiger partial charge is 0.341 e. The minimum atomic E-state index is -0.389. The van der Waals surface area contributed by atoms with E-state index >= 15 is 0 Å². The molecule has 0 radical (unpaired) electrons. The SMILES string of the molecule is CCOC(=O)c1cnc(NC2CC2N)nc1C. The van der Waals surface area contributed by atoms with Gasteiger partial charge in [-0.25, -0.2) is 14.8 Å². The highest BCUT2D eigenvalue weighted by molar-refractivity contribution is 5.90. The Balaban J connectivity index is 2.08. The lowest BCUT2D eigenvalue weighted by Gasteiger charge is -2.07. The van der Waals surface area contributed by atoms with Crippen molar-refractivity contribution in [1.29, 1.82) is 0 Å². The largest absolute Gasteiger partial charge is 0.462 e. The van der Waals surface area contributed by atoms with Crippen molar-refractivity contribution >= 4 is 11.9 Å². The number of hydrogen-bond donors (Lipinski definition) is 2. The van der Waals surface area contributed by atoms with Gasteiger partial charge in [0.15, 0.2) is 0 Å². The van der Waals surface area contributed by atoms with Gasteiger partial charge in [0.1, 0.15) is 0 Å². The predicted molar refractivity (Wildman–Crippen MR) is 62.7 cm³/mol. The fourth-order valence-corrected chi connectivity index (χ4v) is 1.49. The number of rotatable bonds is 4. The van der Waals surface area contributed by atoms with E-state index in [4.69, 9.17) is 10.5 Å². The number of esters is 1. The molecule has 0 aromatic carbocycles. The molecule has 1 saturated carbocycles. The summed E-state index contributed by atoms with van der Waals surface area (Å²) < 4.78 is 4.90. The first-order valence-electron chi connectivity index (χ1n) is 5.64. The number of ether oxygens (including phenoxy) is 1. The van der Waals surface area contributed by atoms with Crippen molar-refractivity contribution in [3.05, 3.63) is 17.5 Å². The van der Waals surface area contributed by atoms with E-state index in [1.54, 1.807) is 13.8 Å². The Bertz CT molecular complexity index is 435. The quantitative estimate of drug-likeness (QED) is 0.739. The second-order valence-corrected chi connectivity index (χ2v) is 4.06. The first-order chi connectivity index (χ1) is 8.11. The maximum atomic E-state index is 11.5. The van der Waals surface area contributed by atoms with E-state index < -0.39 is 0 Å². The third-order valence-electron chi connectivity index (χ3n) is 2.63. The lowest BCUT2D eigenvalue weighted by atomic mass is 10.2. The number of carbonyl (C=O) groups is 1. The molecule has 17 heavy (non-hydrogen) atoms. The molecule has 2 unspecified atom stereocenters. The van der Waals surface area contributed by atoms with Gasteiger partial charge in [-0.05, 0) is 20.3 Å². The van der Waals surface area contributed by atoms with Gasteiger partial charge in [-0.1, -0.05) is 0 Å². The van der Waals surface area contributed by atoms with Crippen LogP contribution in [0.3, 0.4) is 0 Å². The molecular formula is C11H16N4O2. The number of nitrogens with zero attached hydrogens (tertiary/aromatic N) is 2. The molecule has 1 heterocycles. The Labute approximate surface area is 99.6 Å². The summed E-state index contributed by atoms with van der Waals surface area (Å²) >= 11 is 0. The molecule has 0 bridgehead atoms. The molecule has 3 N–H and O–H groups in total. The second kappa shape index (κ2) is 4.67. The number of nitrogens with one attached hydrogen (secondary N) is 1. The molecule has 0 spiro atoms. The number of hydrogen-bond acceptors (Lipinski definition) is 6. The zero-order valence-electron chi connectivity index (χ0n) is 9.93. The van der Waals surface area contributed by atoms with Crippen molar-refractivity contribution in [1.82, 2.24) is 9.97 Å². The highest BCUT2D eigenvalue weighted by Gasteiger charge is 2.34. The average Bonchev–Trinajstić information content (AvgIpc) is 2.94. The first kappa shape index (κ1) is 11.8. The summed E-state index contributed by atoms with van der Waals surface area (Å²) in [7, 11) is 0. The van der Waals surface area contributed by atoms with Gasteiger partial charge in [0.05, 0.1) is 17.9 Å². The molecule has 0 amide bonds. The summed E-state index contributed by atoms with van der Waals surface area (Å²) in [6.45, 7) is 3.86. The molecule has 1 aliphatic carbocycles. The van der Waals surface area contributed by atoms with Gasteiger partial charge in [-0.15, -0.1) is 0 Å². The van der Waals surface area contributed by atoms with Gasteiger partial charge in [0, 0.05) is 18.3 Å². The fourth-order valence-electron chi connectivity index (χ4n) is 1.49. The van der Waals surface area contributed by atoms with Crippen molar-refractivity contribution in [2.45, 2.75) is 32.4 Å². The Morgan fingerprint density at radius 1 is 1.71 bits per heavy atom. The zero-order valence-corrected chi connectivity index (χ0v) is 9.93. The van der Waals surface area contributed by atoms with Crippen molar-refractivity contribution in [3.8, 4) is 0 Å². The second-order valence-electron chi connectivity index (χ2n) is 4.06. The van der Waals surface area contributed by atoms with Crippen LogP contribution in [0.1, 0.15) is 29.4 Å². The molecular weight excluding hydrogens is 220 g/mol. The lowest BCUT2D eigenvalue weighted by molar-refractivity contribution is 0.0524. The normalized spacial score (nSPS) is 22.1. The average molecular weight is 236 g/mol. The van der Waals surface area contributed by atoms with Crippen molar-refractivity contribution in [2.75, 3.05) is 11.9 Å². The predicted octanol–water partition coefficient (Wildman–Crippen LogP) is 0.473. The van der Waals surface area contributed by atoms with Gasteiger partial charge >= 0.3 is 5.97 Å². The highest BCUT2D eigenvalue weighted by atomic mass is 16.5. The molecule has 2 rings (SSSR count). The Morgan fingerprint density at radius 3 is 2.94 bits per heavy atom. The Morgan fingerprint density at radius 2 is 2.41 bits per heavy atom. The molecule has 6 nitrogen and oxygen atoms in total. The van der Waals surface area contributed by atoms with Crippen molar-refractivity contribution in [2.24, 2.45) is 5.73 Å². The standard InChI is InChI=1S/C11H16N4O2/c1-3-17-10(16)7-5-13-11(14-6(7)2)15-9-4-8(9)12/h5,8-9H,3-4,12H2,1-2H3,(H,13,14,15). The summed E-state index contributed by atoms with van der Waals surface area (Å²) in [5, 5.41) is 3.11. The summed E-state index contributed by atoms with van der Waals surface area (Å²) in [6, 6.07) is 0.437. The fraction of sp³-hybridized carbons (Fsp3) is 0.545. The van der Waals surface area contributed by atoms with Gasteiger partial charge in [-0.2, -0.15) is 0 Å². The third kappa shape index (κ3) is 2.71. The van der Waals surface area contributed by atoms with E-state index in [9.17, 15) is 4.79 Å². The highest BCUT2D eigenvalue weighted by Crippen LogP contribution is 2.22. The molecule has 0 saturated heterocycles. The summed E-state index contributed by atoms with van der Waals surface area (Å²) in [6.07, 6.45) is 2.42. The van der Waals surface area contributed by atoms with Crippen LogP contribution < -0.4 is 11.1 Å². The van der Waals surface area contributed by atoms with Gasteiger partial charge < -0.3 is 15.8 Å². The number of aryl methyl sites for hydroxylation is 1. The van der Waals surface area contributed by atoms with Gasteiger partial charge in [0.25, 0.3) is 0 Å². The Kier molecular flexibility index (Phi) is 3.23. The molecule has 1 aromatic heterocycles. The van der Waals surface area contributed by atoms with Crippen LogP contribution in [0.4, 0.5) is 5.95 Å². The van der Waals surface area contributed by atoms with E-state index in [0.717, 1.165) is 6.42 Å². The van der Waals surface area contributed by atoms with Crippen LogP contribution in [0.5, 0.6) is 0 Å². The van der Waals surface area contributed by atoms with Gasteiger partial charge in [-0.3, -0.25) is 0 Å². The summed E-state index contributed by atoms with van der Waals surface area (Å²) in [4.78, 5) is 19.8. The van der Waals surface area contributed by atoms with Crippen molar-refractivity contribution in [3.63, 3.8) is 0 Å². The number of nitrogens with two attached hydrogens (primary N) is 1. The van der Waals surface area contributed by atoms with Crippen LogP contribution in [0, 0.1) is 6.92 Å². The molecule has 1 aliphatic rings. The lowest BCUT2D eigenvalue weighted by Crippen LogP contribution is -2.16. The van der Waals surface area contributed by atoms with Crippen LogP contribution >= 0.6 is 0 Å². The van der Waals surface area contributed by atoms with E-state index in [1.807, 2.05) is 0 Å². The maximum Gasteiger partial charge on any atom is 0.341 e. The van der Waals surface area contributed by atoms with E-state index in [1.165, 1.54) is 6.20 Å². The molecule has 0 aliphatic heterocycles. The van der Waals surface area contributed by atoms with Crippen LogP contribution in [0.25, 0.3) is 0 Å². The molecule has 92 valence electrons. The summed E-state index contributed by atoms with van der Waals surface area (Å²) in [5.41, 5.74) is 6.68. The zero-order chi connectivity index (χ0) is 12.4. The molecule has 2 atom stereocenters. The number of carbonyl (C=O) groups excluding carboxylic acids is 1. The van der Waals surface area contributed by atoms with E-state index in [2.05, 4.69) is 15.3 Å². The molecule has 1 aromatic rings. The van der Waals surface area contributed by atoms with E-state index in [-0.39, 0.29) is 18.1 Å². The van der Waals surface area contributed by atoms with Gasteiger partial charge in [0.2, 0.25) is 5.95 Å². The van der Waals surface area contributed by atoms with E-state index in [0.29, 0.717) is 23.8 Å². The minimum absolute atomic E-state index is 0.184. The Hall–Kier alpha value is -1.69. The minimum Gasteiger partial charge on any atom is -0.462 e. The van der Waals surface area contributed by atoms with Crippen LogP contribution in [-0.4, -0.2) is 34.6 Å². The monoisotopic (exact) mass is 236 g/mol. The number of aromatic nitrogens is 2. The maximum absolute atomic E-state index is 11.5. The third-order valence-corrected chi connectivity index (χ3v) is 2.63. The van der Waals surface area contributed by atoms with Crippen LogP contribution in [0.2, 0.25) is 0 Å². The van der Waals surface area contributed by atoms with Crippen LogP contribution in [-0.2, 0) is 4.74 Å². The molecule has 6 heteroatoms. The van der Waals surface area contributed by atoms with Crippen molar-refractivity contribution < 1.29 is 9.53 Å². The van der Waals surface area contributed by atoms with Crippen LogP contribution in [0.15, 0.2) is 6.20 Å². The molecule has 1 fully saturated rings. The topological polar surface area (TPSA) is 90.1 Å². The number of anilines is 1.